The molecule has 0 aromatic carbocycles. The predicted molar refractivity (Wildman–Crippen MR) is 84.9 cm³/mol. The maximum absolute atomic E-state index is 11.8. The molecule has 0 aromatic heterocycles. The Morgan fingerprint density at radius 2 is 2.14 bits per heavy atom. The zero-order chi connectivity index (χ0) is 15.9. The van der Waals surface area contributed by atoms with Crippen LogP contribution in [0.5, 0.6) is 0 Å². The highest BCUT2D eigenvalue weighted by atomic mass is 32.2. The largest absolute Gasteiger partial charge is 0.353 e. The molecule has 0 radical (unpaired) electrons. The Morgan fingerprint density at radius 3 is 2.82 bits per heavy atom. The van der Waals surface area contributed by atoms with Crippen LogP contribution in [-0.2, 0) is 14.4 Å². The van der Waals surface area contributed by atoms with E-state index in [0.29, 0.717) is 12.6 Å². The lowest BCUT2D eigenvalue weighted by atomic mass is 10.1. The van der Waals surface area contributed by atoms with Gasteiger partial charge in [-0.15, -0.1) is 18.3 Å². The maximum Gasteiger partial charge on any atom is 0.230 e. The van der Waals surface area contributed by atoms with Gasteiger partial charge in [0.1, 0.15) is 5.50 Å². The van der Waals surface area contributed by atoms with Crippen LogP contribution >= 0.6 is 11.8 Å². The highest BCUT2D eigenvalue weighted by Crippen LogP contribution is 2.19. The molecule has 2 unspecified atom stereocenters. The molecule has 1 saturated carbocycles. The average Bonchev–Trinajstić information content (AvgIpc) is 3.26. The summed E-state index contributed by atoms with van der Waals surface area (Å²) in [5.74, 6) is -0.0176. The number of carbonyl (C=O) groups is 3. The number of nitrogens with one attached hydrogen (secondary N) is 4. The molecule has 2 rings (SSSR count). The van der Waals surface area contributed by atoms with Gasteiger partial charge in [0, 0.05) is 31.5 Å². The van der Waals surface area contributed by atoms with Crippen LogP contribution in [0.25, 0.3) is 0 Å². The molecule has 0 bridgehead atoms. The van der Waals surface area contributed by atoms with Crippen LogP contribution in [0.2, 0.25) is 0 Å². The van der Waals surface area contributed by atoms with Crippen molar-refractivity contribution in [1.29, 1.82) is 0 Å². The van der Waals surface area contributed by atoms with E-state index in [0.717, 1.165) is 12.8 Å². The van der Waals surface area contributed by atoms with E-state index in [1.807, 2.05) is 0 Å². The van der Waals surface area contributed by atoms with Gasteiger partial charge in [-0.2, -0.15) is 0 Å². The Kier molecular flexibility index (Phi) is 6.26. The number of amides is 3. The summed E-state index contributed by atoms with van der Waals surface area (Å²) in [6.45, 7) is 3.95. The van der Waals surface area contributed by atoms with Crippen molar-refractivity contribution in [3.05, 3.63) is 12.7 Å². The smallest absolute Gasteiger partial charge is 0.230 e. The highest BCUT2D eigenvalue weighted by Gasteiger charge is 2.30. The van der Waals surface area contributed by atoms with Crippen molar-refractivity contribution >= 4 is 29.5 Å². The van der Waals surface area contributed by atoms with Gasteiger partial charge in [-0.05, 0) is 12.8 Å². The molecule has 122 valence electrons. The number of rotatable bonds is 8. The van der Waals surface area contributed by atoms with Crippen LogP contribution in [0.4, 0.5) is 0 Å². The Labute approximate surface area is 134 Å². The molecular formula is C14H22N4O3S. The third kappa shape index (κ3) is 6.07. The van der Waals surface area contributed by atoms with Gasteiger partial charge in [0.15, 0.2) is 0 Å². The standard InChI is InChI=1S/C14H22N4O3S/c1-2-5-15-13(21)8-22-14-17-10(7-12(20)18-14)6-11(19)16-9-3-4-9/h2,9-10,14,17H,1,3-8H2,(H,15,21)(H,16,19)(H,18,20). The first-order valence-electron chi connectivity index (χ1n) is 7.41. The lowest BCUT2D eigenvalue weighted by Gasteiger charge is -2.30. The third-order valence-corrected chi connectivity index (χ3v) is 4.33. The van der Waals surface area contributed by atoms with Gasteiger partial charge < -0.3 is 16.0 Å². The molecule has 4 N–H and O–H groups in total. The molecule has 7 nitrogen and oxygen atoms in total. The monoisotopic (exact) mass is 326 g/mol. The number of hydrogen-bond acceptors (Lipinski definition) is 5. The minimum Gasteiger partial charge on any atom is -0.353 e. The fraction of sp³-hybridized carbons (Fsp3) is 0.643. The number of hydrogen-bond donors (Lipinski definition) is 4. The van der Waals surface area contributed by atoms with Crippen molar-refractivity contribution in [2.45, 2.75) is 43.3 Å². The van der Waals surface area contributed by atoms with Crippen molar-refractivity contribution in [2.75, 3.05) is 12.3 Å². The summed E-state index contributed by atoms with van der Waals surface area (Å²) in [7, 11) is 0. The topological polar surface area (TPSA) is 99.3 Å². The summed E-state index contributed by atoms with van der Waals surface area (Å²) in [6, 6.07) is 0.130. The molecule has 3 amide bonds. The third-order valence-electron chi connectivity index (χ3n) is 3.31. The summed E-state index contributed by atoms with van der Waals surface area (Å²) in [5.41, 5.74) is -0.352. The summed E-state index contributed by atoms with van der Waals surface area (Å²) in [6.07, 6.45) is 4.25. The predicted octanol–water partition coefficient (Wildman–Crippen LogP) is -0.548. The lowest BCUT2D eigenvalue weighted by molar-refractivity contribution is -0.125. The Hall–Kier alpha value is -1.54. The number of carbonyl (C=O) groups excluding carboxylic acids is 3. The molecule has 8 heteroatoms. The van der Waals surface area contributed by atoms with Crippen LogP contribution in [0.3, 0.4) is 0 Å². The molecule has 2 fully saturated rings. The second-order valence-electron chi connectivity index (χ2n) is 5.46. The fourth-order valence-corrected chi connectivity index (χ4v) is 3.02. The molecule has 2 aliphatic rings. The highest BCUT2D eigenvalue weighted by molar-refractivity contribution is 8.00. The molecule has 0 aromatic rings. The molecule has 22 heavy (non-hydrogen) atoms. The minimum atomic E-state index is -0.352. The average molecular weight is 326 g/mol. The molecule has 2 atom stereocenters. The van der Waals surface area contributed by atoms with Crippen LogP contribution in [0.1, 0.15) is 25.7 Å². The van der Waals surface area contributed by atoms with Gasteiger partial charge in [-0.25, -0.2) is 0 Å². The summed E-state index contributed by atoms with van der Waals surface area (Å²) < 4.78 is 0. The van der Waals surface area contributed by atoms with E-state index in [4.69, 9.17) is 0 Å². The molecule has 0 spiro atoms. The van der Waals surface area contributed by atoms with Gasteiger partial charge in [0.2, 0.25) is 17.7 Å². The molecular weight excluding hydrogens is 304 g/mol. The first-order chi connectivity index (χ1) is 10.6. The zero-order valence-electron chi connectivity index (χ0n) is 12.4. The van der Waals surface area contributed by atoms with Crippen LogP contribution in [0, 0.1) is 0 Å². The minimum absolute atomic E-state index is 0.0258. The molecule has 1 heterocycles. The first-order valence-corrected chi connectivity index (χ1v) is 8.45. The van der Waals surface area contributed by atoms with E-state index < -0.39 is 0 Å². The Balaban J connectivity index is 1.72. The Morgan fingerprint density at radius 1 is 1.36 bits per heavy atom. The van der Waals surface area contributed by atoms with Crippen molar-refractivity contribution < 1.29 is 14.4 Å². The van der Waals surface area contributed by atoms with E-state index in [9.17, 15) is 14.4 Å². The van der Waals surface area contributed by atoms with E-state index in [1.165, 1.54) is 11.8 Å². The van der Waals surface area contributed by atoms with E-state index in [-0.39, 0.29) is 47.9 Å². The summed E-state index contributed by atoms with van der Waals surface area (Å²) in [4.78, 5) is 35.0. The van der Waals surface area contributed by atoms with Crippen LogP contribution in [-0.4, -0.2) is 47.6 Å². The quantitative estimate of drug-likeness (QED) is 0.449. The van der Waals surface area contributed by atoms with Crippen molar-refractivity contribution in [3.8, 4) is 0 Å². The Bertz CT molecular complexity index is 453. The second-order valence-corrected chi connectivity index (χ2v) is 6.56. The zero-order valence-corrected chi connectivity index (χ0v) is 13.2. The van der Waals surface area contributed by atoms with Crippen LogP contribution < -0.4 is 21.3 Å². The SMILES string of the molecule is C=CCNC(=O)CSC1NC(=O)CC(CC(=O)NC2CC2)N1. The van der Waals surface area contributed by atoms with E-state index in [2.05, 4.69) is 27.8 Å². The van der Waals surface area contributed by atoms with Gasteiger partial charge >= 0.3 is 0 Å². The molecule has 1 aliphatic carbocycles. The van der Waals surface area contributed by atoms with Crippen molar-refractivity contribution in [3.63, 3.8) is 0 Å². The molecule has 1 aliphatic heterocycles. The van der Waals surface area contributed by atoms with Gasteiger partial charge in [-0.3, -0.25) is 19.7 Å². The van der Waals surface area contributed by atoms with Crippen molar-refractivity contribution in [2.24, 2.45) is 0 Å². The maximum atomic E-state index is 11.8. The van der Waals surface area contributed by atoms with Crippen molar-refractivity contribution in [1.82, 2.24) is 21.3 Å². The van der Waals surface area contributed by atoms with E-state index >= 15 is 0 Å². The number of thioether (sulfide) groups is 1. The van der Waals surface area contributed by atoms with E-state index in [1.54, 1.807) is 6.08 Å². The normalized spacial score (nSPS) is 24.3. The van der Waals surface area contributed by atoms with Gasteiger partial charge in [0.25, 0.3) is 0 Å². The first kappa shape index (κ1) is 16.8. The fourth-order valence-electron chi connectivity index (χ4n) is 2.10. The second kappa shape index (κ2) is 8.19. The summed E-state index contributed by atoms with van der Waals surface area (Å²) in [5, 5.41) is 11.5. The van der Waals surface area contributed by atoms with Gasteiger partial charge in [0.05, 0.1) is 5.75 Å². The van der Waals surface area contributed by atoms with Crippen LogP contribution in [0.15, 0.2) is 12.7 Å². The lowest BCUT2D eigenvalue weighted by Crippen LogP contribution is -2.56. The van der Waals surface area contributed by atoms with Gasteiger partial charge in [-0.1, -0.05) is 6.08 Å². The summed E-state index contributed by atoms with van der Waals surface area (Å²) >= 11 is 1.30. The molecule has 1 saturated heterocycles.